The van der Waals surface area contributed by atoms with E-state index in [9.17, 15) is 0 Å². The average Bonchev–Trinajstić information content (AvgIpc) is 3.88. The van der Waals surface area contributed by atoms with Crippen LogP contribution in [-0.2, 0) is 5.41 Å². The molecule has 0 bridgehead atoms. The van der Waals surface area contributed by atoms with Crippen molar-refractivity contribution in [2.75, 3.05) is 0 Å². The van der Waals surface area contributed by atoms with Crippen LogP contribution in [0.1, 0.15) is 22.3 Å². The van der Waals surface area contributed by atoms with Gasteiger partial charge in [-0.1, -0.05) is 206 Å². The fraction of sp³-hybridized carbons (Fsp3) is 0.0169. The molecule has 0 spiro atoms. The molecule has 0 radical (unpaired) electrons. The van der Waals surface area contributed by atoms with Crippen molar-refractivity contribution in [1.82, 2.24) is 19.1 Å². The van der Waals surface area contributed by atoms with E-state index in [2.05, 4.69) is 252 Å². The Kier molecular flexibility index (Phi) is 8.68. The summed E-state index contributed by atoms with van der Waals surface area (Å²) in [6, 6.07) is 86.8. The molecule has 0 fully saturated rings. The van der Waals surface area contributed by atoms with Crippen LogP contribution >= 0.6 is 0 Å². The summed E-state index contributed by atoms with van der Waals surface area (Å²) < 4.78 is 4.68. The maximum absolute atomic E-state index is 5.50. The van der Waals surface area contributed by atoms with Gasteiger partial charge in [0.25, 0.3) is 0 Å². The molecule has 12 aromatic rings. The van der Waals surface area contributed by atoms with Gasteiger partial charge in [-0.15, -0.1) is 0 Å². The van der Waals surface area contributed by atoms with Crippen LogP contribution in [0.15, 0.2) is 243 Å². The highest BCUT2D eigenvalue weighted by atomic mass is 15.1. The average molecular weight is 805 g/mol. The lowest BCUT2D eigenvalue weighted by Gasteiger charge is -2.37. The van der Waals surface area contributed by atoms with Crippen molar-refractivity contribution < 1.29 is 0 Å². The maximum Gasteiger partial charge on any atom is 0.162 e. The summed E-state index contributed by atoms with van der Waals surface area (Å²) >= 11 is 0. The van der Waals surface area contributed by atoms with E-state index in [-0.39, 0.29) is 0 Å². The van der Waals surface area contributed by atoms with Crippen molar-refractivity contribution in [3.63, 3.8) is 0 Å². The third-order valence-corrected chi connectivity index (χ3v) is 12.7. The van der Waals surface area contributed by atoms with Gasteiger partial charge >= 0.3 is 0 Å². The van der Waals surface area contributed by atoms with Crippen molar-refractivity contribution in [3.8, 4) is 34.2 Å². The highest BCUT2D eigenvalue weighted by molar-refractivity contribution is 6.10. The van der Waals surface area contributed by atoms with E-state index < -0.39 is 5.41 Å². The van der Waals surface area contributed by atoms with Crippen molar-refractivity contribution in [2.45, 2.75) is 5.41 Å². The lowest BCUT2D eigenvalue weighted by molar-refractivity contribution is 0.745. The summed E-state index contributed by atoms with van der Waals surface area (Å²) in [6.07, 6.45) is 0. The molecule has 4 nitrogen and oxygen atoms in total. The van der Waals surface area contributed by atoms with Gasteiger partial charge in [0, 0.05) is 38.7 Å². The van der Waals surface area contributed by atoms with E-state index in [1.165, 1.54) is 38.2 Å². The molecule has 0 aliphatic heterocycles. The number of aromatic nitrogens is 4. The Bertz CT molecular complexity index is 3400. The van der Waals surface area contributed by atoms with Crippen LogP contribution in [0.5, 0.6) is 0 Å². The van der Waals surface area contributed by atoms with Gasteiger partial charge in [0.2, 0.25) is 0 Å². The Labute approximate surface area is 365 Å². The molecule has 4 heteroatoms. The molecule has 0 aliphatic rings. The molecule has 0 amide bonds. The standard InChI is InChI=1S/C59H40N4/c1-4-20-42(21-5-1)59(43-22-6-2-7-23-43,44-24-8-3-9-25-44)45-38-36-41(37-39-45)58-60-51(40-57(61-58)63-54-33-17-12-28-48(54)49-29-13-18-34-55(49)63)50-30-14-19-35-56(50)62-52-31-15-10-26-46(52)47-27-11-16-32-53(47)62/h1-40H. The lowest BCUT2D eigenvalue weighted by atomic mass is 9.65. The Balaban J connectivity index is 1.10. The molecular formula is C59H40N4. The van der Waals surface area contributed by atoms with Gasteiger partial charge in [-0.3, -0.25) is 4.57 Å². The first-order valence-corrected chi connectivity index (χ1v) is 21.5. The molecule has 296 valence electrons. The van der Waals surface area contributed by atoms with Crippen LogP contribution in [-0.4, -0.2) is 19.1 Å². The minimum atomic E-state index is -0.569. The molecule has 0 unspecified atom stereocenters. The second-order valence-corrected chi connectivity index (χ2v) is 16.1. The summed E-state index contributed by atoms with van der Waals surface area (Å²) in [4.78, 5) is 11.0. The molecule has 0 atom stereocenters. The zero-order valence-electron chi connectivity index (χ0n) is 34.4. The van der Waals surface area contributed by atoms with E-state index in [1.54, 1.807) is 0 Å². The molecule has 12 rings (SSSR count). The van der Waals surface area contributed by atoms with Crippen molar-refractivity contribution in [3.05, 3.63) is 265 Å². The number of hydrogen-bond acceptors (Lipinski definition) is 2. The fourth-order valence-electron chi connectivity index (χ4n) is 9.99. The Hall–Kier alpha value is -8.34. The van der Waals surface area contributed by atoms with E-state index >= 15 is 0 Å². The number of hydrogen-bond donors (Lipinski definition) is 0. The van der Waals surface area contributed by atoms with Crippen LogP contribution < -0.4 is 0 Å². The Morgan fingerprint density at radius 3 is 1.17 bits per heavy atom. The monoisotopic (exact) mass is 804 g/mol. The Morgan fingerprint density at radius 2 is 0.698 bits per heavy atom. The van der Waals surface area contributed by atoms with Gasteiger partial charge in [0.1, 0.15) is 5.82 Å². The first kappa shape index (κ1) is 36.5. The van der Waals surface area contributed by atoms with Gasteiger partial charge < -0.3 is 4.57 Å². The largest absolute Gasteiger partial charge is 0.309 e. The molecule has 3 aromatic heterocycles. The number of para-hydroxylation sites is 5. The van der Waals surface area contributed by atoms with Crippen molar-refractivity contribution in [1.29, 1.82) is 0 Å². The van der Waals surface area contributed by atoms with Crippen LogP contribution in [0.3, 0.4) is 0 Å². The number of fused-ring (bicyclic) bond motifs is 6. The molecule has 0 N–H and O–H groups in total. The van der Waals surface area contributed by atoms with E-state index in [1.807, 2.05) is 0 Å². The van der Waals surface area contributed by atoms with E-state index in [0.29, 0.717) is 5.82 Å². The van der Waals surface area contributed by atoms with E-state index in [0.717, 1.165) is 56.0 Å². The van der Waals surface area contributed by atoms with Gasteiger partial charge in [-0.2, -0.15) is 0 Å². The normalized spacial score (nSPS) is 11.8. The fourth-order valence-corrected chi connectivity index (χ4v) is 9.99. The van der Waals surface area contributed by atoms with Crippen molar-refractivity contribution in [2.24, 2.45) is 0 Å². The number of rotatable bonds is 8. The lowest BCUT2D eigenvalue weighted by Crippen LogP contribution is -2.30. The highest BCUT2D eigenvalue weighted by Gasteiger charge is 2.38. The van der Waals surface area contributed by atoms with Crippen LogP contribution in [0.2, 0.25) is 0 Å². The Morgan fingerprint density at radius 1 is 0.317 bits per heavy atom. The molecule has 0 aliphatic carbocycles. The molecule has 3 heterocycles. The van der Waals surface area contributed by atoms with Crippen LogP contribution in [0, 0.1) is 0 Å². The smallest absolute Gasteiger partial charge is 0.162 e. The first-order chi connectivity index (χ1) is 31.3. The van der Waals surface area contributed by atoms with Gasteiger partial charge in [-0.05, 0) is 52.6 Å². The summed E-state index contributed by atoms with van der Waals surface area (Å²) in [5, 5.41) is 4.80. The topological polar surface area (TPSA) is 35.6 Å². The quantitative estimate of drug-likeness (QED) is 0.143. The second-order valence-electron chi connectivity index (χ2n) is 16.1. The van der Waals surface area contributed by atoms with Gasteiger partial charge in [0.05, 0.1) is 38.9 Å². The number of benzene rings is 9. The molecule has 0 saturated heterocycles. The van der Waals surface area contributed by atoms with E-state index in [4.69, 9.17) is 9.97 Å². The van der Waals surface area contributed by atoms with Crippen molar-refractivity contribution >= 4 is 43.6 Å². The van der Waals surface area contributed by atoms with Crippen LogP contribution in [0.4, 0.5) is 0 Å². The predicted octanol–water partition coefficient (Wildman–Crippen LogP) is 14.4. The summed E-state index contributed by atoms with van der Waals surface area (Å²) in [5.74, 6) is 1.46. The molecule has 9 aromatic carbocycles. The minimum absolute atomic E-state index is 0.569. The summed E-state index contributed by atoms with van der Waals surface area (Å²) in [6.45, 7) is 0. The third-order valence-electron chi connectivity index (χ3n) is 12.7. The highest BCUT2D eigenvalue weighted by Crippen LogP contribution is 2.46. The van der Waals surface area contributed by atoms with Gasteiger partial charge in [0.15, 0.2) is 5.82 Å². The zero-order chi connectivity index (χ0) is 41.7. The first-order valence-electron chi connectivity index (χ1n) is 21.5. The molecule has 63 heavy (non-hydrogen) atoms. The maximum atomic E-state index is 5.50. The second kappa shape index (κ2) is 15.0. The summed E-state index contributed by atoms with van der Waals surface area (Å²) in [7, 11) is 0. The minimum Gasteiger partial charge on any atom is -0.309 e. The number of nitrogens with zero attached hydrogens (tertiary/aromatic N) is 4. The third kappa shape index (κ3) is 5.84. The molecule has 0 saturated carbocycles. The predicted molar refractivity (Wildman–Crippen MR) is 260 cm³/mol. The molecular weight excluding hydrogens is 765 g/mol. The SMILES string of the molecule is c1ccc(C(c2ccccc2)(c2ccccc2)c2ccc(-c3nc(-c4ccccc4-n4c5ccccc5c5ccccc54)cc(-n4c5ccccc5c5ccccc54)n3)cc2)cc1. The van der Waals surface area contributed by atoms with Gasteiger partial charge in [-0.25, -0.2) is 9.97 Å². The zero-order valence-corrected chi connectivity index (χ0v) is 34.4. The summed E-state index contributed by atoms with van der Waals surface area (Å²) in [5.41, 5.74) is 12.5. The van der Waals surface area contributed by atoms with Crippen LogP contribution in [0.25, 0.3) is 77.8 Å².